The maximum absolute atomic E-state index is 12.7. The fraction of sp³-hybridized carbons (Fsp3) is 0.907. The van der Waals surface area contributed by atoms with E-state index in [0.29, 0.717) is 12.8 Å². The van der Waals surface area contributed by atoms with Crippen LogP contribution in [0.25, 0.3) is 0 Å². The highest BCUT2D eigenvalue weighted by atomic mass is 31.2. The van der Waals surface area contributed by atoms with Crippen molar-refractivity contribution in [2.75, 3.05) is 13.2 Å². The number of aliphatic hydroxyl groups excluding tert-OH is 5. The van der Waals surface area contributed by atoms with Gasteiger partial charge in [-0.05, 0) is 38.5 Å². The van der Waals surface area contributed by atoms with Gasteiger partial charge in [0.25, 0.3) is 7.82 Å². The summed E-state index contributed by atoms with van der Waals surface area (Å²) in [5, 5.41) is 50.0. The molecule has 0 aromatic heterocycles. The van der Waals surface area contributed by atoms with Gasteiger partial charge in [-0.25, -0.2) is 0 Å². The average Bonchev–Trinajstić information content (AvgIpc) is 3.19. The second-order valence-electron chi connectivity index (χ2n) is 15.9. The van der Waals surface area contributed by atoms with Gasteiger partial charge in [0.05, 0.1) is 6.61 Å². The highest BCUT2D eigenvalue weighted by Crippen LogP contribution is 2.43. The third-order valence-electron chi connectivity index (χ3n) is 10.6. The molecule has 0 aromatic rings. The normalized spacial score (nSPS) is 22.3. The van der Waals surface area contributed by atoms with E-state index in [1.54, 1.807) is 0 Å². The number of esters is 2. The van der Waals surface area contributed by atoms with Crippen LogP contribution in [0.2, 0.25) is 0 Å². The molecule has 0 bridgehead atoms. The Kier molecular flexibility index (Phi) is 35.3. The second-order valence-corrected chi connectivity index (χ2v) is 17.3. The number of carbonyl (C=O) groups is 2. The molecular formula is C43H84NO13P. The van der Waals surface area contributed by atoms with E-state index in [0.717, 1.165) is 57.8 Å². The van der Waals surface area contributed by atoms with Crippen LogP contribution in [0.5, 0.6) is 0 Å². The smallest absolute Gasteiger partial charge is 0.306 e. The number of hydrogen-bond donors (Lipinski definition) is 6. The van der Waals surface area contributed by atoms with E-state index in [-0.39, 0.29) is 19.0 Å². The zero-order valence-corrected chi connectivity index (χ0v) is 37.3. The first kappa shape index (κ1) is 56.5. The molecular weight excluding hydrogens is 769 g/mol. The van der Waals surface area contributed by atoms with Crippen LogP contribution in [0, 0.1) is 0 Å². The van der Waals surface area contributed by atoms with Crippen LogP contribution < -0.4 is 11.0 Å². The molecule has 1 rings (SSSR count). The third kappa shape index (κ3) is 28.1. The number of phosphoric acid groups is 1. The molecule has 0 amide bonds. The second kappa shape index (κ2) is 36.2. The number of ether oxygens (including phenoxy) is 2. The number of unbranched alkanes of at least 4 members (excludes halogenated alkanes) is 23. The largest absolute Gasteiger partial charge is 0.756 e. The lowest BCUT2D eigenvalue weighted by Gasteiger charge is -2.43. The molecule has 344 valence electrons. The number of allylic oxidation sites excluding steroid dienone is 2. The van der Waals surface area contributed by atoms with Gasteiger partial charge in [-0.1, -0.05) is 154 Å². The van der Waals surface area contributed by atoms with Crippen LogP contribution in [0.4, 0.5) is 0 Å². The predicted octanol–water partition coefficient (Wildman–Crippen LogP) is 8.02. The van der Waals surface area contributed by atoms with E-state index in [1.165, 1.54) is 96.3 Å². The van der Waals surface area contributed by atoms with Crippen LogP contribution in [-0.4, -0.2) is 93.4 Å². The number of phosphoric ester groups is 1. The Labute approximate surface area is 350 Å². The van der Waals surface area contributed by atoms with Crippen molar-refractivity contribution in [2.45, 2.75) is 236 Å². The average molecular weight is 854 g/mol. The highest BCUT2D eigenvalue weighted by Gasteiger charge is 2.50. The molecule has 6 atom stereocenters. The first-order valence-electron chi connectivity index (χ1n) is 22.5. The van der Waals surface area contributed by atoms with Crippen molar-refractivity contribution >= 4 is 19.8 Å². The molecule has 6 unspecified atom stereocenters. The molecule has 0 spiro atoms. The monoisotopic (exact) mass is 854 g/mol. The van der Waals surface area contributed by atoms with Gasteiger partial charge in [0, 0.05) is 12.8 Å². The lowest BCUT2D eigenvalue weighted by molar-refractivity contribution is -0.261. The Hall–Kier alpha value is -1.45. The molecule has 1 aliphatic rings. The minimum atomic E-state index is -5.36. The molecule has 9 N–H and O–H groups in total. The van der Waals surface area contributed by atoms with Crippen molar-refractivity contribution in [1.29, 1.82) is 0 Å². The van der Waals surface area contributed by atoms with Crippen molar-refractivity contribution in [3.8, 4) is 0 Å². The maximum Gasteiger partial charge on any atom is 0.306 e. The number of hydrogen-bond acceptors (Lipinski definition) is 13. The maximum atomic E-state index is 12.7. The number of carbonyl (C=O) groups excluding carboxylic acids is 2. The minimum Gasteiger partial charge on any atom is -0.756 e. The fourth-order valence-corrected chi connectivity index (χ4v) is 7.88. The Bertz CT molecular complexity index is 1070. The van der Waals surface area contributed by atoms with Crippen molar-refractivity contribution < 1.29 is 63.1 Å². The van der Waals surface area contributed by atoms with Gasteiger partial charge in [-0.3, -0.25) is 14.2 Å². The Morgan fingerprint density at radius 1 is 0.552 bits per heavy atom. The molecule has 0 radical (unpaired) electrons. The van der Waals surface area contributed by atoms with Gasteiger partial charge in [-0.2, -0.15) is 0 Å². The van der Waals surface area contributed by atoms with E-state index in [9.17, 15) is 44.6 Å². The first-order chi connectivity index (χ1) is 27.4. The fourth-order valence-electron chi connectivity index (χ4n) is 6.92. The van der Waals surface area contributed by atoms with Crippen molar-refractivity contribution in [2.24, 2.45) is 0 Å². The minimum absolute atomic E-state index is 0. The number of quaternary nitrogens is 1. The van der Waals surface area contributed by atoms with E-state index in [2.05, 4.69) is 26.0 Å². The molecule has 0 aromatic carbocycles. The van der Waals surface area contributed by atoms with E-state index < -0.39 is 75.7 Å². The van der Waals surface area contributed by atoms with E-state index in [1.807, 2.05) is 0 Å². The zero-order valence-electron chi connectivity index (χ0n) is 36.4. The van der Waals surface area contributed by atoms with Crippen molar-refractivity contribution in [1.82, 2.24) is 6.15 Å². The van der Waals surface area contributed by atoms with Gasteiger partial charge in [0.2, 0.25) is 0 Å². The molecule has 1 saturated carbocycles. The van der Waals surface area contributed by atoms with Gasteiger partial charge >= 0.3 is 11.9 Å². The third-order valence-corrected chi connectivity index (χ3v) is 11.6. The summed E-state index contributed by atoms with van der Waals surface area (Å²) in [6, 6.07) is 0. The SMILES string of the molecule is CCCCCCCC/C=C/CCCCCCCC(=O)OC(COC(=O)CCCCCCCCCCCCCCC)COP(=O)([O-])OC1C(O)C(O)C(O)C(O)C1O.[NH4+]. The summed E-state index contributed by atoms with van der Waals surface area (Å²) in [4.78, 5) is 37.9. The topological polar surface area (TPSA) is 249 Å². The van der Waals surface area contributed by atoms with Gasteiger partial charge in [-0.15, -0.1) is 0 Å². The number of rotatable bonds is 37. The summed E-state index contributed by atoms with van der Waals surface area (Å²) in [7, 11) is -5.36. The first-order valence-corrected chi connectivity index (χ1v) is 23.9. The summed E-state index contributed by atoms with van der Waals surface area (Å²) in [6.07, 6.45) is 20.8. The van der Waals surface area contributed by atoms with E-state index >= 15 is 0 Å². The highest BCUT2D eigenvalue weighted by molar-refractivity contribution is 7.45. The van der Waals surface area contributed by atoms with Gasteiger partial charge < -0.3 is 55.1 Å². The zero-order chi connectivity index (χ0) is 42.2. The standard InChI is InChI=1S/C43H81O13P.H3N/c1-3-5-7-9-11-13-15-17-18-20-22-24-26-28-30-32-37(45)55-35(34-54-57(51,52)56-43-41(49)39(47)38(46)40(48)42(43)50)33-53-36(44)31-29-27-25-23-21-19-16-14-12-10-8-6-4-2;/h17-18,35,38-43,46-50H,3-16,19-34H2,1-2H3,(H,51,52);1H3/b18-17+;. The summed E-state index contributed by atoms with van der Waals surface area (Å²) in [5.74, 6) is -1.14. The van der Waals surface area contributed by atoms with Crippen LogP contribution in [0.1, 0.15) is 194 Å². The van der Waals surface area contributed by atoms with Crippen LogP contribution in [0.3, 0.4) is 0 Å². The summed E-state index contributed by atoms with van der Waals surface area (Å²) in [6.45, 7) is 3.19. The van der Waals surface area contributed by atoms with Crippen molar-refractivity contribution in [3.63, 3.8) is 0 Å². The molecule has 0 saturated heterocycles. The Morgan fingerprint density at radius 2 is 0.914 bits per heavy atom. The number of aliphatic hydroxyl groups is 5. The quantitative estimate of drug-likeness (QED) is 0.0150. The van der Waals surface area contributed by atoms with Gasteiger partial charge in [0.15, 0.2) is 6.10 Å². The molecule has 0 heterocycles. The summed E-state index contributed by atoms with van der Waals surface area (Å²) in [5.41, 5.74) is 0. The lowest BCUT2D eigenvalue weighted by Crippen LogP contribution is -2.64. The summed E-state index contributed by atoms with van der Waals surface area (Å²) >= 11 is 0. The van der Waals surface area contributed by atoms with Gasteiger partial charge in [0.1, 0.15) is 43.2 Å². The Balaban J connectivity index is 0.0000325. The van der Waals surface area contributed by atoms with Crippen LogP contribution in [-0.2, 0) is 32.7 Å². The molecule has 1 aliphatic carbocycles. The van der Waals surface area contributed by atoms with E-state index in [4.69, 9.17) is 18.5 Å². The Morgan fingerprint density at radius 3 is 1.34 bits per heavy atom. The van der Waals surface area contributed by atoms with Crippen LogP contribution >= 0.6 is 7.82 Å². The molecule has 14 nitrogen and oxygen atoms in total. The molecule has 58 heavy (non-hydrogen) atoms. The molecule has 1 fully saturated rings. The molecule has 15 heteroatoms. The molecule has 0 aliphatic heterocycles. The summed E-state index contributed by atoms with van der Waals surface area (Å²) < 4.78 is 33.1. The van der Waals surface area contributed by atoms with Crippen molar-refractivity contribution in [3.05, 3.63) is 12.2 Å². The lowest BCUT2D eigenvalue weighted by atomic mass is 9.85. The van der Waals surface area contributed by atoms with Crippen LogP contribution in [0.15, 0.2) is 12.2 Å². The predicted molar refractivity (Wildman–Crippen MR) is 225 cm³/mol.